The van der Waals surface area contributed by atoms with E-state index in [9.17, 15) is 8.42 Å². The van der Waals surface area contributed by atoms with Crippen LogP contribution in [-0.4, -0.2) is 53.7 Å². The quantitative estimate of drug-likeness (QED) is 0.646. The summed E-state index contributed by atoms with van der Waals surface area (Å²) in [5.41, 5.74) is 3.11. The van der Waals surface area contributed by atoms with Crippen molar-refractivity contribution >= 4 is 15.7 Å². The van der Waals surface area contributed by atoms with Gasteiger partial charge in [-0.3, -0.25) is 4.98 Å². The molecule has 1 aliphatic rings. The zero-order chi connectivity index (χ0) is 20.4. The van der Waals surface area contributed by atoms with Gasteiger partial charge in [0.15, 0.2) is 0 Å². The summed E-state index contributed by atoms with van der Waals surface area (Å²) in [6.45, 7) is 3.64. The molecule has 152 valence electrons. The van der Waals surface area contributed by atoms with Gasteiger partial charge in [0, 0.05) is 44.3 Å². The number of nitrogens with zero attached hydrogens (tertiary/aromatic N) is 5. The highest BCUT2D eigenvalue weighted by atomic mass is 32.2. The number of hydrogen-bond acceptors (Lipinski definition) is 5. The molecule has 1 fully saturated rings. The van der Waals surface area contributed by atoms with Gasteiger partial charge >= 0.3 is 0 Å². The fourth-order valence-corrected chi connectivity index (χ4v) is 5.03. The van der Waals surface area contributed by atoms with E-state index in [1.54, 1.807) is 30.3 Å². The van der Waals surface area contributed by atoms with Crippen molar-refractivity contribution in [2.24, 2.45) is 0 Å². The summed E-state index contributed by atoms with van der Waals surface area (Å²) in [5.74, 6) is 0. The highest BCUT2D eigenvalue weighted by molar-refractivity contribution is 7.89. The second-order valence-corrected chi connectivity index (χ2v) is 9.40. The van der Waals surface area contributed by atoms with Crippen molar-refractivity contribution < 1.29 is 8.42 Å². The lowest BCUT2D eigenvalue weighted by atomic mass is 10.0. The van der Waals surface area contributed by atoms with E-state index >= 15 is 0 Å². The van der Waals surface area contributed by atoms with Crippen LogP contribution >= 0.6 is 0 Å². The number of pyridine rings is 1. The number of aryl methyl sites for hydroxylation is 1. The minimum Gasteiger partial charge on any atom is -0.371 e. The number of aromatic nitrogens is 3. The van der Waals surface area contributed by atoms with E-state index in [0.717, 1.165) is 42.9 Å². The van der Waals surface area contributed by atoms with Crippen molar-refractivity contribution in [1.82, 2.24) is 19.1 Å². The Morgan fingerprint density at radius 2 is 1.66 bits per heavy atom. The molecule has 0 bridgehead atoms. The SMILES string of the molecule is Cc1ccc(-n2cc(S(=O)(=O)N(C)C3CCN(c4ccncc4)CC3)cn2)cc1. The Kier molecular flexibility index (Phi) is 5.38. The first-order valence-electron chi connectivity index (χ1n) is 9.70. The summed E-state index contributed by atoms with van der Waals surface area (Å²) in [6.07, 6.45) is 8.14. The molecule has 0 radical (unpaired) electrons. The van der Waals surface area contributed by atoms with Crippen molar-refractivity contribution in [3.63, 3.8) is 0 Å². The van der Waals surface area contributed by atoms with Crippen LogP contribution < -0.4 is 4.90 Å². The summed E-state index contributed by atoms with van der Waals surface area (Å²) in [6, 6.07) is 11.8. The number of benzene rings is 1. The number of sulfonamides is 1. The Labute approximate surface area is 171 Å². The maximum absolute atomic E-state index is 13.1. The third kappa shape index (κ3) is 4.04. The molecule has 8 heteroatoms. The molecule has 0 spiro atoms. The molecule has 0 amide bonds. The predicted molar refractivity (Wildman–Crippen MR) is 113 cm³/mol. The number of hydrogen-bond donors (Lipinski definition) is 0. The van der Waals surface area contributed by atoms with Gasteiger partial charge in [0.2, 0.25) is 10.0 Å². The van der Waals surface area contributed by atoms with Crippen LogP contribution in [0.3, 0.4) is 0 Å². The minimum atomic E-state index is -3.59. The van der Waals surface area contributed by atoms with Gasteiger partial charge in [0.25, 0.3) is 0 Å². The first-order valence-corrected chi connectivity index (χ1v) is 11.1. The van der Waals surface area contributed by atoms with Crippen LogP contribution in [0.4, 0.5) is 5.69 Å². The Morgan fingerprint density at radius 1 is 1.00 bits per heavy atom. The van der Waals surface area contributed by atoms with Crippen molar-refractivity contribution in [2.45, 2.75) is 30.7 Å². The topological polar surface area (TPSA) is 71.3 Å². The molecular formula is C21H25N5O2S. The zero-order valence-electron chi connectivity index (χ0n) is 16.6. The van der Waals surface area contributed by atoms with Gasteiger partial charge < -0.3 is 4.90 Å². The van der Waals surface area contributed by atoms with E-state index in [-0.39, 0.29) is 10.9 Å². The average molecular weight is 412 g/mol. The van der Waals surface area contributed by atoms with E-state index in [1.807, 2.05) is 43.3 Å². The van der Waals surface area contributed by atoms with E-state index < -0.39 is 10.0 Å². The zero-order valence-corrected chi connectivity index (χ0v) is 17.5. The van der Waals surface area contributed by atoms with Gasteiger partial charge in [-0.05, 0) is 44.0 Å². The standard InChI is InChI=1S/C21H25N5O2S/c1-17-3-5-20(6-4-17)26-16-21(15-23-26)29(27,28)24(2)18-9-13-25(14-10-18)19-7-11-22-12-8-19/h3-8,11-12,15-16,18H,9-10,13-14H2,1-2H3. The second kappa shape index (κ2) is 7.96. The van der Waals surface area contributed by atoms with Gasteiger partial charge in [-0.1, -0.05) is 17.7 Å². The highest BCUT2D eigenvalue weighted by Gasteiger charge is 2.31. The third-order valence-corrected chi connectivity index (χ3v) is 7.40. The molecular weight excluding hydrogens is 386 g/mol. The van der Waals surface area contributed by atoms with Crippen LogP contribution in [0, 0.1) is 6.92 Å². The lowest BCUT2D eigenvalue weighted by Crippen LogP contribution is -2.45. The van der Waals surface area contributed by atoms with Crippen molar-refractivity contribution in [2.75, 3.05) is 25.0 Å². The number of piperidine rings is 1. The molecule has 3 heterocycles. The Balaban J connectivity index is 1.46. The smallest absolute Gasteiger partial charge is 0.246 e. The van der Waals surface area contributed by atoms with E-state index in [1.165, 1.54) is 10.5 Å². The summed E-state index contributed by atoms with van der Waals surface area (Å²) in [5, 5.41) is 4.26. The first-order chi connectivity index (χ1) is 13.9. The summed E-state index contributed by atoms with van der Waals surface area (Å²) in [4.78, 5) is 6.55. The van der Waals surface area contributed by atoms with Crippen LogP contribution in [0.15, 0.2) is 66.1 Å². The molecule has 0 atom stereocenters. The summed E-state index contributed by atoms with van der Waals surface area (Å²) >= 11 is 0. The fraction of sp³-hybridized carbons (Fsp3) is 0.333. The molecule has 0 saturated carbocycles. The molecule has 2 aromatic heterocycles. The summed E-state index contributed by atoms with van der Waals surface area (Å²) < 4.78 is 29.4. The molecule has 4 rings (SSSR count). The molecule has 1 saturated heterocycles. The molecule has 1 aliphatic heterocycles. The number of anilines is 1. The first kappa shape index (κ1) is 19.6. The van der Waals surface area contributed by atoms with E-state index in [0.29, 0.717) is 0 Å². The van der Waals surface area contributed by atoms with Crippen molar-refractivity contribution in [1.29, 1.82) is 0 Å². The van der Waals surface area contributed by atoms with Gasteiger partial charge in [-0.15, -0.1) is 0 Å². The summed E-state index contributed by atoms with van der Waals surface area (Å²) in [7, 11) is -1.92. The molecule has 0 unspecified atom stereocenters. The van der Waals surface area contributed by atoms with Crippen LogP contribution in [0.2, 0.25) is 0 Å². The van der Waals surface area contributed by atoms with Gasteiger partial charge in [-0.25, -0.2) is 13.1 Å². The maximum Gasteiger partial charge on any atom is 0.246 e. The van der Waals surface area contributed by atoms with Crippen molar-refractivity contribution in [3.8, 4) is 5.69 Å². The largest absolute Gasteiger partial charge is 0.371 e. The Bertz CT molecular complexity index is 1060. The van der Waals surface area contributed by atoms with Crippen LogP contribution in [-0.2, 0) is 10.0 Å². The molecule has 29 heavy (non-hydrogen) atoms. The Hall–Kier alpha value is -2.71. The lowest BCUT2D eigenvalue weighted by Gasteiger charge is -2.37. The molecule has 3 aromatic rings. The molecule has 1 aromatic carbocycles. The van der Waals surface area contributed by atoms with Crippen molar-refractivity contribution in [3.05, 3.63) is 66.7 Å². The molecule has 0 N–H and O–H groups in total. The van der Waals surface area contributed by atoms with E-state index in [4.69, 9.17) is 0 Å². The molecule has 0 aliphatic carbocycles. The van der Waals surface area contributed by atoms with Crippen LogP contribution in [0.1, 0.15) is 18.4 Å². The predicted octanol–water partition coefficient (Wildman–Crippen LogP) is 2.87. The normalized spacial score (nSPS) is 15.8. The lowest BCUT2D eigenvalue weighted by molar-refractivity contribution is 0.312. The van der Waals surface area contributed by atoms with Crippen LogP contribution in [0.5, 0.6) is 0 Å². The van der Waals surface area contributed by atoms with Gasteiger partial charge in [0.1, 0.15) is 4.90 Å². The maximum atomic E-state index is 13.1. The monoisotopic (exact) mass is 411 g/mol. The second-order valence-electron chi connectivity index (χ2n) is 7.40. The van der Waals surface area contributed by atoms with Gasteiger partial charge in [-0.2, -0.15) is 9.40 Å². The average Bonchev–Trinajstić information content (AvgIpc) is 3.26. The number of rotatable bonds is 5. The molecule has 7 nitrogen and oxygen atoms in total. The highest BCUT2D eigenvalue weighted by Crippen LogP contribution is 2.25. The minimum absolute atomic E-state index is 0.0270. The third-order valence-electron chi connectivity index (χ3n) is 5.54. The fourth-order valence-electron chi connectivity index (χ4n) is 3.68. The van der Waals surface area contributed by atoms with Crippen LogP contribution in [0.25, 0.3) is 5.69 Å². The van der Waals surface area contributed by atoms with Gasteiger partial charge in [0.05, 0.1) is 18.1 Å². The Morgan fingerprint density at radius 3 is 2.31 bits per heavy atom. The van der Waals surface area contributed by atoms with E-state index in [2.05, 4.69) is 15.0 Å².